The van der Waals surface area contributed by atoms with Crippen LogP contribution in [0.1, 0.15) is 73.9 Å². The van der Waals surface area contributed by atoms with Gasteiger partial charge in [-0.05, 0) is 98.7 Å². The Morgan fingerprint density at radius 3 is 2.52 bits per heavy atom. The van der Waals surface area contributed by atoms with Crippen molar-refractivity contribution in [2.75, 3.05) is 44.3 Å². The predicted octanol–water partition coefficient (Wildman–Crippen LogP) is 5.24. The number of aryl methyl sites for hydroxylation is 1. The Bertz CT molecular complexity index is 1540. The van der Waals surface area contributed by atoms with Crippen LogP contribution in [0, 0.1) is 17.8 Å². The summed E-state index contributed by atoms with van der Waals surface area (Å²) in [7, 11) is -4.00. The minimum absolute atomic E-state index is 0.0339. The van der Waals surface area contributed by atoms with Crippen LogP contribution in [0.25, 0.3) is 0 Å². The predicted molar refractivity (Wildman–Crippen MR) is 179 cm³/mol. The van der Waals surface area contributed by atoms with Gasteiger partial charge in [0.2, 0.25) is 10.0 Å². The molecular weight excluding hydrogens is 626 g/mol. The molecule has 1 amide bonds. The highest BCUT2D eigenvalue weighted by Gasteiger charge is 2.40. The lowest BCUT2D eigenvalue weighted by atomic mass is 9.69. The van der Waals surface area contributed by atoms with Gasteiger partial charge in [-0.15, -0.1) is 0 Å². The van der Waals surface area contributed by atoms with E-state index < -0.39 is 21.2 Å². The number of morpholine rings is 1. The van der Waals surface area contributed by atoms with Gasteiger partial charge in [0.05, 0.1) is 24.2 Å². The second-order valence-electron chi connectivity index (χ2n) is 13.6. The summed E-state index contributed by atoms with van der Waals surface area (Å²) in [5, 5.41) is -0.126. The maximum Gasteiger partial charge on any atom is 0.264 e. The Labute approximate surface area is 278 Å². The first kappa shape index (κ1) is 33.2. The van der Waals surface area contributed by atoms with Crippen molar-refractivity contribution in [1.82, 2.24) is 9.62 Å². The third-order valence-electron chi connectivity index (χ3n) is 10.7. The molecule has 0 radical (unpaired) electrons. The summed E-state index contributed by atoms with van der Waals surface area (Å²) in [6.07, 6.45) is 5.51. The van der Waals surface area contributed by atoms with Crippen molar-refractivity contribution in [3.8, 4) is 5.75 Å². The van der Waals surface area contributed by atoms with Crippen LogP contribution in [-0.4, -0.2) is 75.7 Å². The first-order chi connectivity index (χ1) is 22.1. The first-order valence-electron chi connectivity index (χ1n) is 16.8. The molecule has 9 nitrogen and oxygen atoms in total. The SMILES string of the molecule is C[C@@H]1[C@@H](C)C[C@H](N2CCOCC2)CC(=O)[C@@H]2CC[C@H]2CN2CCCCc3cc(Cl)ccc3COc3ccc(cc32)C(=O)NS1(=O)=O. The fraction of sp³-hybridized carbons (Fsp3) is 0.600. The van der Waals surface area contributed by atoms with Gasteiger partial charge >= 0.3 is 0 Å². The Hall–Kier alpha value is -2.66. The number of hydrogen-bond donors (Lipinski definition) is 1. The van der Waals surface area contributed by atoms with Gasteiger partial charge in [-0.25, -0.2) is 13.1 Å². The molecule has 1 aliphatic carbocycles. The lowest BCUT2D eigenvalue weighted by Crippen LogP contribution is -2.49. The highest BCUT2D eigenvalue weighted by molar-refractivity contribution is 7.90. The van der Waals surface area contributed by atoms with E-state index in [1.807, 2.05) is 25.1 Å². The van der Waals surface area contributed by atoms with Crippen molar-refractivity contribution in [3.05, 3.63) is 58.1 Å². The van der Waals surface area contributed by atoms with Gasteiger partial charge in [0, 0.05) is 55.1 Å². The van der Waals surface area contributed by atoms with Gasteiger partial charge in [-0.3, -0.25) is 14.5 Å². The molecule has 5 atom stereocenters. The molecule has 1 N–H and O–H groups in total. The maximum absolute atomic E-state index is 14.0. The number of Topliss-reactive ketones (excluding diaryl/α,β-unsaturated/α-hetero) is 1. The molecule has 2 fully saturated rings. The van der Waals surface area contributed by atoms with Crippen molar-refractivity contribution in [2.24, 2.45) is 17.8 Å². The molecule has 11 heteroatoms. The van der Waals surface area contributed by atoms with Crippen LogP contribution in [0.3, 0.4) is 0 Å². The van der Waals surface area contributed by atoms with Crippen molar-refractivity contribution >= 4 is 39.0 Å². The number of rotatable bonds is 1. The molecule has 0 aromatic heterocycles. The lowest BCUT2D eigenvalue weighted by Gasteiger charge is -2.42. The van der Waals surface area contributed by atoms with E-state index in [-0.39, 0.29) is 35.1 Å². The third-order valence-corrected chi connectivity index (χ3v) is 12.8. The fourth-order valence-electron chi connectivity index (χ4n) is 7.47. The minimum Gasteiger partial charge on any atom is -0.487 e. The van der Waals surface area contributed by atoms with E-state index >= 15 is 0 Å². The normalized spacial score (nSPS) is 29.6. The summed E-state index contributed by atoms with van der Waals surface area (Å²) >= 11 is 6.33. The van der Waals surface area contributed by atoms with Gasteiger partial charge in [0.25, 0.3) is 5.91 Å². The number of carbonyl (C=O) groups excluding carboxylic acids is 2. The zero-order valence-corrected chi connectivity index (χ0v) is 28.5. The van der Waals surface area contributed by atoms with Crippen LogP contribution < -0.4 is 14.4 Å². The van der Waals surface area contributed by atoms with E-state index in [0.29, 0.717) is 50.0 Å². The van der Waals surface area contributed by atoms with Gasteiger partial charge in [-0.2, -0.15) is 0 Å². The minimum atomic E-state index is -4.00. The van der Waals surface area contributed by atoms with Crippen molar-refractivity contribution in [2.45, 2.75) is 76.7 Å². The molecule has 1 saturated heterocycles. The number of nitrogens with zero attached hydrogens (tertiary/aromatic N) is 2. The van der Waals surface area contributed by atoms with Crippen LogP contribution in [0.4, 0.5) is 5.69 Å². The molecule has 46 heavy (non-hydrogen) atoms. The lowest BCUT2D eigenvalue weighted by molar-refractivity contribution is -0.129. The molecule has 1 saturated carbocycles. The zero-order chi connectivity index (χ0) is 32.4. The van der Waals surface area contributed by atoms with Gasteiger partial charge in [-0.1, -0.05) is 24.6 Å². The third kappa shape index (κ3) is 7.40. The van der Waals surface area contributed by atoms with Crippen molar-refractivity contribution < 1.29 is 27.5 Å². The fourth-order valence-corrected chi connectivity index (χ4v) is 8.95. The summed E-state index contributed by atoms with van der Waals surface area (Å²) in [4.78, 5) is 32.1. The summed E-state index contributed by atoms with van der Waals surface area (Å²) in [6, 6.07) is 11.0. The van der Waals surface area contributed by atoms with E-state index in [2.05, 4.69) is 14.5 Å². The molecule has 0 unspecified atom stereocenters. The zero-order valence-electron chi connectivity index (χ0n) is 26.9. The Morgan fingerprint density at radius 2 is 1.76 bits per heavy atom. The number of carbonyl (C=O) groups is 2. The smallest absolute Gasteiger partial charge is 0.264 e. The van der Waals surface area contributed by atoms with Crippen LogP contribution in [0.2, 0.25) is 5.02 Å². The Morgan fingerprint density at radius 1 is 0.957 bits per heavy atom. The number of fused-ring (bicyclic) bond motifs is 3. The highest BCUT2D eigenvalue weighted by Crippen LogP contribution is 2.41. The maximum atomic E-state index is 14.0. The van der Waals surface area contributed by atoms with E-state index in [1.54, 1.807) is 25.1 Å². The van der Waals surface area contributed by atoms with Crippen molar-refractivity contribution in [1.29, 1.82) is 0 Å². The second-order valence-corrected chi connectivity index (χ2v) is 16.1. The summed E-state index contributed by atoms with van der Waals surface area (Å²) in [6.45, 7) is 7.94. The van der Waals surface area contributed by atoms with Crippen LogP contribution in [0.15, 0.2) is 36.4 Å². The quantitative estimate of drug-likeness (QED) is 0.439. The number of ether oxygens (including phenoxy) is 2. The number of sulfonamides is 1. The highest BCUT2D eigenvalue weighted by atomic mass is 35.5. The molecule has 2 bridgehead atoms. The number of benzene rings is 2. The largest absolute Gasteiger partial charge is 0.487 e. The number of ketones is 1. The van der Waals surface area contributed by atoms with Crippen molar-refractivity contribution in [3.63, 3.8) is 0 Å². The van der Waals surface area contributed by atoms with Crippen LogP contribution >= 0.6 is 11.6 Å². The number of amides is 1. The standard InChI is InChI=1S/C35H46ClN3O6S/c1-23-17-30(38-13-15-44-16-14-38)20-33(40)31-10-7-27(31)21-39-12-4-3-5-25-18-29(36)9-6-28(25)22-45-34-11-8-26(19-32(34)39)35(41)37-46(42,43)24(23)2/h6,8-9,11,18-19,23-24,27,30-31H,3-5,7,10,12-17,20-22H2,1-2H3,(H,37,41)/t23-,24+,27-,30-,31+/m0/s1. The molecule has 2 aromatic rings. The van der Waals surface area contributed by atoms with Gasteiger partial charge in [0.15, 0.2) is 0 Å². The summed E-state index contributed by atoms with van der Waals surface area (Å²) in [5.74, 6) is 0.142. The molecule has 3 aliphatic heterocycles. The molecular formula is C35H46ClN3O6S. The molecule has 0 spiro atoms. The van der Waals surface area contributed by atoms with E-state index in [9.17, 15) is 18.0 Å². The Balaban J connectivity index is 1.36. The molecule has 3 heterocycles. The summed E-state index contributed by atoms with van der Waals surface area (Å²) in [5.41, 5.74) is 3.24. The van der Waals surface area contributed by atoms with E-state index in [0.717, 1.165) is 68.6 Å². The second kappa shape index (κ2) is 14.2. The molecule has 250 valence electrons. The first-order valence-corrected chi connectivity index (χ1v) is 18.7. The summed E-state index contributed by atoms with van der Waals surface area (Å²) < 4.78 is 41.5. The van der Waals surface area contributed by atoms with Crippen LogP contribution in [-0.2, 0) is 32.6 Å². The average molecular weight is 672 g/mol. The number of nitrogens with one attached hydrogen (secondary N) is 1. The average Bonchev–Trinajstić information content (AvgIpc) is 3.05. The Kier molecular flexibility index (Phi) is 10.3. The number of anilines is 1. The molecule has 2 aromatic carbocycles. The monoisotopic (exact) mass is 671 g/mol. The number of halogens is 1. The van der Waals surface area contributed by atoms with Crippen LogP contribution in [0.5, 0.6) is 5.75 Å². The van der Waals surface area contributed by atoms with E-state index in [4.69, 9.17) is 21.1 Å². The molecule has 6 rings (SSSR count). The van der Waals surface area contributed by atoms with Gasteiger partial charge < -0.3 is 14.4 Å². The topological polar surface area (TPSA) is 105 Å². The molecule has 4 aliphatic rings. The number of hydrogen-bond acceptors (Lipinski definition) is 8. The van der Waals surface area contributed by atoms with E-state index in [1.165, 1.54) is 0 Å². The van der Waals surface area contributed by atoms with Gasteiger partial charge in [0.1, 0.15) is 18.1 Å².